The normalized spacial score (nSPS) is 10.4. The number of carboxylic acids is 1. The third-order valence-electron chi connectivity index (χ3n) is 3.36. The molecule has 0 amide bonds. The fourth-order valence-corrected chi connectivity index (χ4v) is 2.20. The number of rotatable bonds is 4. The van der Waals surface area contributed by atoms with Crippen LogP contribution in [0.5, 0.6) is 0 Å². The lowest BCUT2D eigenvalue weighted by atomic mass is 10.2. The van der Waals surface area contributed by atoms with Crippen LogP contribution in [0.25, 0.3) is 11.4 Å². The molecule has 3 aromatic rings. The van der Waals surface area contributed by atoms with E-state index in [-0.39, 0.29) is 11.4 Å². The second kappa shape index (κ2) is 6.45. The van der Waals surface area contributed by atoms with Gasteiger partial charge < -0.3 is 10.4 Å². The Labute approximate surface area is 137 Å². The van der Waals surface area contributed by atoms with E-state index in [0.717, 1.165) is 5.69 Å². The fraction of sp³-hybridized carbons (Fsp3) is 0.0556. The zero-order chi connectivity index (χ0) is 17.1. The molecule has 24 heavy (non-hydrogen) atoms. The fourth-order valence-electron chi connectivity index (χ4n) is 2.20. The van der Waals surface area contributed by atoms with E-state index in [2.05, 4.69) is 15.3 Å². The molecule has 0 atom stereocenters. The van der Waals surface area contributed by atoms with Gasteiger partial charge in [0.25, 0.3) is 0 Å². The summed E-state index contributed by atoms with van der Waals surface area (Å²) in [5.74, 6) is -0.231. The van der Waals surface area contributed by atoms with Crippen molar-refractivity contribution in [2.45, 2.75) is 6.92 Å². The van der Waals surface area contributed by atoms with E-state index in [0.29, 0.717) is 22.9 Å². The van der Waals surface area contributed by atoms with Crippen molar-refractivity contribution in [3.8, 4) is 11.4 Å². The Morgan fingerprint density at radius 2 is 1.71 bits per heavy atom. The van der Waals surface area contributed by atoms with Gasteiger partial charge in [-0.1, -0.05) is 0 Å². The number of halogens is 1. The Balaban J connectivity index is 1.88. The summed E-state index contributed by atoms with van der Waals surface area (Å²) in [7, 11) is 0. The van der Waals surface area contributed by atoms with Crippen molar-refractivity contribution in [2.24, 2.45) is 0 Å². The Bertz CT molecular complexity index is 878. The maximum Gasteiger partial charge on any atom is 0.335 e. The van der Waals surface area contributed by atoms with Crippen LogP contribution in [0.3, 0.4) is 0 Å². The predicted molar refractivity (Wildman–Crippen MR) is 88.8 cm³/mol. The van der Waals surface area contributed by atoms with Crippen LogP contribution in [0.1, 0.15) is 16.1 Å². The third-order valence-corrected chi connectivity index (χ3v) is 3.36. The first-order valence-corrected chi connectivity index (χ1v) is 7.23. The number of nitrogens with one attached hydrogen (secondary N) is 1. The van der Waals surface area contributed by atoms with Gasteiger partial charge in [0.05, 0.1) is 5.56 Å². The van der Waals surface area contributed by atoms with Crippen molar-refractivity contribution < 1.29 is 14.3 Å². The molecule has 0 unspecified atom stereocenters. The molecule has 0 spiro atoms. The molecule has 0 saturated heterocycles. The average Bonchev–Trinajstić information content (AvgIpc) is 2.55. The smallest absolute Gasteiger partial charge is 0.335 e. The van der Waals surface area contributed by atoms with Gasteiger partial charge in [0.15, 0.2) is 5.82 Å². The van der Waals surface area contributed by atoms with Gasteiger partial charge in [-0.2, -0.15) is 0 Å². The zero-order valence-corrected chi connectivity index (χ0v) is 12.8. The highest BCUT2D eigenvalue weighted by molar-refractivity contribution is 5.88. The average molecular weight is 323 g/mol. The summed E-state index contributed by atoms with van der Waals surface area (Å²) in [6, 6.07) is 14.1. The number of hydrogen-bond acceptors (Lipinski definition) is 4. The molecule has 5 nitrogen and oxygen atoms in total. The van der Waals surface area contributed by atoms with Gasteiger partial charge in [0.2, 0.25) is 0 Å². The molecule has 2 N–H and O–H groups in total. The summed E-state index contributed by atoms with van der Waals surface area (Å²) in [5, 5.41) is 12.0. The molecule has 0 radical (unpaired) electrons. The van der Waals surface area contributed by atoms with Crippen molar-refractivity contribution >= 4 is 17.5 Å². The van der Waals surface area contributed by atoms with E-state index in [1.807, 2.05) is 6.92 Å². The molecule has 0 aliphatic carbocycles. The minimum absolute atomic E-state index is 0.214. The minimum atomic E-state index is -0.974. The molecule has 0 saturated carbocycles. The summed E-state index contributed by atoms with van der Waals surface area (Å²) in [6.45, 7) is 1.84. The Kier molecular flexibility index (Phi) is 4.20. The Hall–Kier alpha value is -3.28. The van der Waals surface area contributed by atoms with Gasteiger partial charge >= 0.3 is 5.97 Å². The van der Waals surface area contributed by atoms with Crippen LogP contribution in [0, 0.1) is 12.7 Å². The molecule has 0 fully saturated rings. The number of aromatic carboxylic acids is 1. The van der Waals surface area contributed by atoms with E-state index < -0.39 is 5.97 Å². The maximum absolute atomic E-state index is 13.0. The number of aryl methyl sites for hydroxylation is 1. The van der Waals surface area contributed by atoms with Crippen molar-refractivity contribution in [3.05, 3.63) is 71.7 Å². The molecule has 6 heteroatoms. The Morgan fingerprint density at radius 3 is 2.33 bits per heavy atom. The first-order chi connectivity index (χ1) is 11.5. The lowest BCUT2D eigenvalue weighted by molar-refractivity contribution is 0.0697. The molecular formula is C18H14FN3O2. The molecule has 2 aromatic carbocycles. The summed E-state index contributed by atoms with van der Waals surface area (Å²) < 4.78 is 13.0. The molecule has 0 bridgehead atoms. The first kappa shape index (κ1) is 15.6. The number of benzene rings is 2. The molecule has 0 aliphatic rings. The van der Waals surface area contributed by atoms with E-state index >= 15 is 0 Å². The van der Waals surface area contributed by atoms with Gasteiger partial charge in [-0.3, -0.25) is 0 Å². The summed E-state index contributed by atoms with van der Waals surface area (Å²) in [4.78, 5) is 19.7. The number of hydrogen-bond donors (Lipinski definition) is 2. The Morgan fingerprint density at radius 1 is 1.04 bits per heavy atom. The SMILES string of the molecule is Cc1cc(Nc2ccc(C(=O)O)cc2)nc(-c2ccc(F)cc2)n1. The molecule has 0 aliphatic heterocycles. The summed E-state index contributed by atoms with van der Waals surface area (Å²) >= 11 is 0. The zero-order valence-electron chi connectivity index (χ0n) is 12.8. The standard InChI is InChI=1S/C18H14FN3O2/c1-11-10-16(21-15-8-4-13(5-9-15)18(23)24)22-17(20-11)12-2-6-14(19)7-3-12/h2-10H,1H3,(H,23,24)(H,20,21,22). The first-order valence-electron chi connectivity index (χ1n) is 7.23. The van der Waals surface area contributed by atoms with Gasteiger partial charge in [0, 0.05) is 23.0 Å². The van der Waals surface area contributed by atoms with Crippen molar-refractivity contribution in [3.63, 3.8) is 0 Å². The van der Waals surface area contributed by atoms with Crippen molar-refractivity contribution in [1.29, 1.82) is 0 Å². The van der Waals surface area contributed by atoms with Gasteiger partial charge in [-0.25, -0.2) is 19.2 Å². The van der Waals surface area contributed by atoms with Crippen LogP contribution in [0.4, 0.5) is 15.9 Å². The minimum Gasteiger partial charge on any atom is -0.478 e. The van der Waals surface area contributed by atoms with Crippen LogP contribution in [-0.2, 0) is 0 Å². The number of anilines is 2. The van der Waals surface area contributed by atoms with Gasteiger partial charge in [-0.05, 0) is 55.5 Å². The second-order valence-electron chi connectivity index (χ2n) is 5.23. The topological polar surface area (TPSA) is 75.1 Å². The third kappa shape index (κ3) is 3.55. The van der Waals surface area contributed by atoms with Crippen LogP contribution in [0.2, 0.25) is 0 Å². The van der Waals surface area contributed by atoms with E-state index in [4.69, 9.17) is 5.11 Å². The van der Waals surface area contributed by atoms with Crippen molar-refractivity contribution in [2.75, 3.05) is 5.32 Å². The molecule has 1 aromatic heterocycles. The monoisotopic (exact) mass is 323 g/mol. The van der Waals surface area contributed by atoms with E-state index in [1.165, 1.54) is 24.3 Å². The lowest BCUT2D eigenvalue weighted by Gasteiger charge is -2.09. The summed E-state index contributed by atoms with van der Waals surface area (Å²) in [5.41, 5.74) is 2.40. The van der Waals surface area contributed by atoms with Crippen molar-refractivity contribution in [1.82, 2.24) is 9.97 Å². The number of carbonyl (C=O) groups is 1. The van der Waals surface area contributed by atoms with Gasteiger partial charge in [-0.15, -0.1) is 0 Å². The maximum atomic E-state index is 13.0. The van der Waals surface area contributed by atoms with Crippen LogP contribution in [-0.4, -0.2) is 21.0 Å². The largest absolute Gasteiger partial charge is 0.478 e. The second-order valence-corrected chi connectivity index (χ2v) is 5.23. The predicted octanol–water partition coefficient (Wildman–Crippen LogP) is 4.03. The number of nitrogens with zero attached hydrogens (tertiary/aromatic N) is 2. The summed E-state index contributed by atoms with van der Waals surface area (Å²) in [6.07, 6.45) is 0. The highest BCUT2D eigenvalue weighted by Gasteiger charge is 2.07. The van der Waals surface area contributed by atoms with E-state index in [9.17, 15) is 9.18 Å². The van der Waals surface area contributed by atoms with Crippen LogP contribution >= 0.6 is 0 Å². The number of aromatic nitrogens is 2. The molecule has 3 rings (SSSR count). The highest BCUT2D eigenvalue weighted by Crippen LogP contribution is 2.21. The van der Waals surface area contributed by atoms with Crippen LogP contribution in [0.15, 0.2) is 54.6 Å². The molecule has 120 valence electrons. The van der Waals surface area contributed by atoms with Crippen LogP contribution < -0.4 is 5.32 Å². The highest BCUT2D eigenvalue weighted by atomic mass is 19.1. The number of carboxylic acid groups (broad SMARTS) is 1. The molecular weight excluding hydrogens is 309 g/mol. The van der Waals surface area contributed by atoms with E-state index in [1.54, 1.807) is 30.3 Å². The quantitative estimate of drug-likeness (QED) is 0.758. The molecule has 1 heterocycles. The van der Waals surface area contributed by atoms with Gasteiger partial charge in [0.1, 0.15) is 11.6 Å². The lowest BCUT2D eigenvalue weighted by Crippen LogP contribution is -2.00.